The highest BCUT2D eigenvalue weighted by Crippen LogP contribution is 2.24. The van der Waals surface area contributed by atoms with Crippen LogP contribution < -0.4 is 0 Å². The van der Waals surface area contributed by atoms with Gasteiger partial charge in [0.05, 0.1) is 19.4 Å². The molecule has 2 rings (SSSR count). The molecule has 1 heterocycles. The van der Waals surface area contributed by atoms with E-state index < -0.39 is 10.0 Å². The zero-order valence-corrected chi connectivity index (χ0v) is 16.7. The molecule has 0 aromatic heterocycles. The van der Waals surface area contributed by atoms with Crippen LogP contribution in [0.4, 0.5) is 4.79 Å². The van der Waals surface area contributed by atoms with Crippen molar-refractivity contribution in [2.75, 3.05) is 45.6 Å². The summed E-state index contributed by atoms with van der Waals surface area (Å²) < 4.78 is 30.9. The van der Waals surface area contributed by atoms with E-state index in [1.165, 1.54) is 10.6 Å². The number of carbonyl (C=O) groups excluding carboxylic acids is 2. The molecule has 0 bridgehead atoms. The summed E-state index contributed by atoms with van der Waals surface area (Å²) in [5.41, 5.74) is 0. The number of sulfonamides is 1. The Labute approximate surface area is 156 Å². The van der Waals surface area contributed by atoms with Gasteiger partial charge in [-0.25, -0.2) is 13.2 Å². The fourth-order valence-electron chi connectivity index (χ4n) is 3.65. The Morgan fingerprint density at radius 1 is 1.00 bits per heavy atom. The van der Waals surface area contributed by atoms with E-state index in [4.69, 9.17) is 4.74 Å². The van der Waals surface area contributed by atoms with Crippen molar-refractivity contribution in [1.82, 2.24) is 14.1 Å². The molecule has 2 fully saturated rings. The van der Waals surface area contributed by atoms with E-state index in [1.807, 2.05) is 0 Å². The number of hydrogen-bond acceptors (Lipinski definition) is 5. The first kappa shape index (κ1) is 21.0. The van der Waals surface area contributed by atoms with Gasteiger partial charge in [0.2, 0.25) is 15.9 Å². The molecule has 1 saturated carbocycles. The largest absolute Gasteiger partial charge is 0.450 e. The zero-order chi connectivity index (χ0) is 19.2. The molecule has 0 radical (unpaired) electrons. The Bertz CT molecular complexity index is 579. The molecule has 8 nitrogen and oxygen atoms in total. The van der Waals surface area contributed by atoms with Crippen molar-refractivity contribution < 1.29 is 22.7 Å². The molecule has 2 amide bonds. The summed E-state index contributed by atoms with van der Waals surface area (Å²) in [6.45, 7) is 3.59. The van der Waals surface area contributed by atoms with Gasteiger partial charge in [-0.1, -0.05) is 25.7 Å². The first-order valence-electron chi connectivity index (χ1n) is 9.49. The van der Waals surface area contributed by atoms with Crippen LogP contribution in [-0.2, 0) is 19.6 Å². The molecule has 0 unspecified atom stereocenters. The lowest BCUT2D eigenvalue weighted by Gasteiger charge is -2.36. The van der Waals surface area contributed by atoms with E-state index in [9.17, 15) is 18.0 Å². The first-order valence-corrected chi connectivity index (χ1v) is 11.3. The molecule has 1 aliphatic heterocycles. The van der Waals surface area contributed by atoms with E-state index in [0.717, 1.165) is 38.5 Å². The third-order valence-corrected chi connectivity index (χ3v) is 6.39. The highest BCUT2D eigenvalue weighted by Gasteiger charge is 2.32. The van der Waals surface area contributed by atoms with Crippen molar-refractivity contribution >= 4 is 22.0 Å². The standard InChI is InChI=1S/C17H31N3O5S/c1-3-25-17(22)19-12-10-18(11-13-19)16(21)14-20(26(2,23)24)15-8-6-4-5-7-9-15/h15H,3-14H2,1-2H3. The van der Waals surface area contributed by atoms with Gasteiger partial charge in [-0.05, 0) is 19.8 Å². The van der Waals surface area contributed by atoms with Crippen molar-refractivity contribution in [2.24, 2.45) is 0 Å². The van der Waals surface area contributed by atoms with E-state index in [2.05, 4.69) is 0 Å². The SMILES string of the molecule is CCOC(=O)N1CCN(C(=O)CN(C2CCCCCC2)S(C)(=O)=O)CC1. The van der Waals surface area contributed by atoms with Crippen LogP contribution in [0.3, 0.4) is 0 Å². The normalized spacial score (nSPS) is 20.1. The summed E-state index contributed by atoms with van der Waals surface area (Å²) in [5.74, 6) is -0.191. The summed E-state index contributed by atoms with van der Waals surface area (Å²) in [4.78, 5) is 27.6. The second kappa shape index (κ2) is 9.55. The van der Waals surface area contributed by atoms with Crippen LogP contribution in [0.1, 0.15) is 45.4 Å². The zero-order valence-electron chi connectivity index (χ0n) is 15.9. The molecule has 0 aromatic rings. The topological polar surface area (TPSA) is 87.2 Å². The average molecular weight is 390 g/mol. The van der Waals surface area contributed by atoms with E-state index in [-0.39, 0.29) is 24.6 Å². The Morgan fingerprint density at radius 3 is 2.04 bits per heavy atom. The van der Waals surface area contributed by atoms with Crippen molar-refractivity contribution in [1.29, 1.82) is 0 Å². The summed E-state index contributed by atoms with van der Waals surface area (Å²) in [6.07, 6.45) is 6.70. The van der Waals surface area contributed by atoms with Crippen LogP contribution in [0.25, 0.3) is 0 Å². The molecule has 26 heavy (non-hydrogen) atoms. The monoisotopic (exact) mass is 389 g/mol. The Balaban J connectivity index is 1.94. The number of piperazine rings is 1. The molecule has 9 heteroatoms. The fourth-order valence-corrected chi connectivity index (χ4v) is 4.75. The van der Waals surface area contributed by atoms with Crippen LogP contribution in [0.5, 0.6) is 0 Å². The van der Waals surface area contributed by atoms with Gasteiger partial charge in [0.15, 0.2) is 0 Å². The molecular weight excluding hydrogens is 358 g/mol. The van der Waals surface area contributed by atoms with Gasteiger partial charge >= 0.3 is 6.09 Å². The van der Waals surface area contributed by atoms with Gasteiger partial charge in [-0.15, -0.1) is 0 Å². The second-order valence-electron chi connectivity index (χ2n) is 7.02. The van der Waals surface area contributed by atoms with Crippen LogP contribution in [0.15, 0.2) is 0 Å². The number of carbonyl (C=O) groups is 2. The number of rotatable bonds is 5. The Hall–Kier alpha value is -1.35. The smallest absolute Gasteiger partial charge is 0.409 e. The third kappa shape index (κ3) is 5.84. The maximum absolute atomic E-state index is 12.7. The summed E-state index contributed by atoms with van der Waals surface area (Å²) in [5, 5.41) is 0. The van der Waals surface area contributed by atoms with Gasteiger partial charge < -0.3 is 14.5 Å². The molecule has 2 aliphatic rings. The lowest BCUT2D eigenvalue weighted by atomic mass is 10.1. The number of hydrogen-bond donors (Lipinski definition) is 0. The van der Waals surface area contributed by atoms with Crippen molar-refractivity contribution in [3.63, 3.8) is 0 Å². The third-order valence-electron chi connectivity index (χ3n) is 5.11. The first-order chi connectivity index (χ1) is 12.3. The van der Waals surface area contributed by atoms with Crippen molar-refractivity contribution in [3.8, 4) is 0 Å². The number of ether oxygens (including phenoxy) is 1. The lowest BCUT2D eigenvalue weighted by Crippen LogP contribution is -2.54. The second-order valence-corrected chi connectivity index (χ2v) is 8.96. The average Bonchev–Trinajstić information content (AvgIpc) is 2.88. The maximum Gasteiger partial charge on any atom is 0.409 e. The molecule has 0 atom stereocenters. The predicted molar refractivity (Wildman–Crippen MR) is 98.2 cm³/mol. The molecule has 0 N–H and O–H groups in total. The van der Waals surface area contributed by atoms with Gasteiger partial charge in [-0.3, -0.25) is 4.79 Å². The number of amides is 2. The lowest BCUT2D eigenvalue weighted by molar-refractivity contribution is -0.133. The molecule has 150 valence electrons. The van der Waals surface area contributed by atoms with Gasteiger partial charge in [0.25, 0.3) is 0 Å². The van der Waals surface area contributed by atoms with Gasteiger partial charge in [0.1, 0.15) is 0 Å². The predicted octanol–water partition coefficient (Wildman–Crippen LogP) is 1.27. The van der Waals surface area contributed by atoms with E-state index in [1.54, 1.807) is 16.7 Å². The van der Waals surface area contributed by atoms with Crippen molar-refractivity contribution in [3.05, 3.63) is 0 Å². The van der Waals surface area contributed by atoms with Gasteiger partial charge in [0, 0.05) is 32.2 Å². The van der Waals surface area contributed by atoms with E-state index >= 15 is 0 Å². The van der Waals surface area contributed by atoms with E-state index in [0.29, 0.717) is 32.8 Å². The quantitative estimate of drug-likeness (QED) is 0.661. The summed E-state index contributed by atoms with van der Waals surface area (Å²) in [6, 6.07) is -0.0859. The Kier molecular flexibility index (Phi) is 7.69. The molecule has 0 aromatic carbocycles. The minimum absolute atomic E-state index is 0.0859. The van der Waals surface area contributed by atoms with Crippen LogP contribution in [0.2, 0.25) is 0 Å². The van der Waals surface area contributed by atoms with Crippen molar-refractivity contribution in [2.45, 2.75) is 51.5 Å². The highest BCUT2D eigenvalue weighted by atomic mass is 32.2. The minimum Gasteiger partial charge on any atom is -0.450 e. The Morgan fingerprint density at radius 2 is 1.54 bits per heavy atom. The van der Waals surface area contributed by atoms with Crippen LogP contribution in [-0.4, -0.2) is 86.2 Å². The molecule has 1 saturated heterocycles. The number of nitrogens with zero attached hydrogens (tertiary/aromatic N) is 3. The molecule has 0 spiro atoms. The fraction of sp³-hybridized carbons (Fsp3) is 0.882. The maximum atomic E-state index is 12.7. The molecular formula is C17H31N3O5S. The highest BCUT2D eigenvalue weighted by molar-refractivity contribution is 7.88. The van der Waals surface area contributed by atoms with Crippen LogP contribution >= 0.6 is 0 Å². The minimum atomic E-state index is -3.44. The van der Waals surface area contributed by atoms with Gasteiger partial charge in [-0.2, -0.15) is 4.31 Å². The summed E-state index contributed by atoms with van der Waals surface area (Å²) >= 11 is 0. The summed E-state index contributed by atoms with van der Waals surface area (Å²) in [7, 11) is -3.44. The molecule has 1 aliphatic carbocycles. The van der Waals surface area contributed by atoms with Crippen LogP contribution in [0, 0.1) is 0 Å².